The first kappa shape index (κ1) is 40.2. The van der Waals surface area contributed by atoms with Gasteiger partial charge in [-0.3, -0.25) is 0 Å². The number of fused-ring (bicyclic) bond motifs is 2. The van der Waals surface area contributed by atoms with Crippen LogP contribution in [-0.2, 0) is 10.9 Å². The van der Waals surface area contributed by atoms with Crippen LogP contribution in [0.2, 0.25) is 0 Å². The molecule has 2 aromatic rings. The molecule has 252 valence electrons. The maximum Gasteiger partial charge on any atom is 0.416 e. The van der Waals surface area contributed by atoms with Gasteiger partial charge in [0.05, 0.1) is 22.5 Å². The third kappa shape index (κ3) is 13.3. The first-order chi connectivity index (χ1) is 20.9. The predicted molar refractivity (Wildman–Crippen MR) is 181 cm³/mol. The number of para-hydroxylation sites is 1. The molecule has 0 saturated carbocycles. The molecule has 5 nitrogen and oxygen atoms in total. The lowest BCUT2D eigenvalue weighted by Gasteiger charge is -2.36. The minimum Gasteiger partial charge on any atom is -0.396 e. The van der Waals surface area contributed by atoms with Crippen LogP contribution in [0.1, 0.15) is 80.2 Å². The van der Waals surface area contributed by atoms with Gasteiger partial charge in [-0.05, 0) is 82.4 Å². The highest BCUT2D eigenvalue weighted by molar-refractivity contribution is 7.99. The first-order valence-electron chi connectivity index (χ1n) is 16.3. The van der Waals surface area contributed by atoms with Crippen LogP contribution in [0.25, 0.3) is 0 Å². The number of methoxy groups -OCH3 is 1. The van der Waals surface area contributed by atoms with Crippen molar-refractivity contribution >= 4 is 23.1 Å². The van der Waals surface area contributed by atoms with Gasteiger partial charge in [0.1, 0.15) is 0 Å². The quantitative estimate of drug-likeness (QED) is 0.279. The van der Waals surface area contributed by atoms with Crippen molar-refractivity contribution in [3.05, 3.63) is 48.0 Å². The lowest BCUT2D eigenvalue weighted by Crippen LogP contribution is -2.47. The molecule has 1 N–H and O–H groups in total. The van der Waals surface area contributed by atoms with E-state index in [-0.39, 0.29) is 12.2 Å². The van der Waals surface area contributed by atoms with Crippen molar-refractivity contribution in [3.63, 3.8) is 0 Å². The molecule has 0 amide bonds. The molecular formula is C35H58F3N3O2S. The van der Waals surface area contributed by atoms with Gasteiger partial charge in [0.15, 0.2) is 0 Å². The average Bonchev–Trinajstić information content (AvgIpc) is 3.02. The number of aliphatic hydroxyl groups excluding tert-OH is 1. The molecule has 9 heteroatoms. The summed E-state index contributed by atoms with van der Waals surface area (Å²) in [6.45, 7) is 23.8. The van der Waals surface area contributed by atoms with Crippen LogP contribution in [0.5, 0.6) is 0 Å². The van der Waals surface area contributed by atoms with Crippen LogP contribution in [0, 0.1) is 5.92 Å². The molecule has 1 saturated heterocycles. The minimum absolute atomic E-state index is 0.158. The third-order valence-electron chi connectivity index (χ3n) is 7.56. The molecular weight excluding hydrogens is 583 g/mol. The second-order valence-corrected chi connectivity index (χ2v) is 12.6. The highest BCUT2D eigenvalue weighted by Gasteiger charge is 2.33. The minimum atomic E-state index is -4.34. The summed E-state index contributed by atoms with van der Waals surface area (Å²) in [4.78, 5) is 9.09. The predicted octanol–water partition coefficient (Wildman–Crippen LogP) is 9.21. The highest BCUT2D eigenvalue weighted by atomic mass is 32.2. The Hall–Kier alpha value is -1.78. The number of halogens is 3. The Morgan fingerprint density at radius 1 is 0.841 bits per heavy atom. The summed E-state index contributed by atoms with van der Waals surface area (Å²) in [5.74, 6) is 0.736. The second kappa shape index (κ2) is 20.4. The van der Waals surface area contributed by atoms with E-state index in [1.165, 1.54) is 25.1 Å². The standard InChI is InChI=1S/C25H32F3N3S.C6H14O2.2C2H6/c1-19(2)10-13-30-16-14-29(15-17-30)11-5-12-31-21-6-3-4-7-23(21)32-24-9-8-20(18-22(24)31)25(26,27)28;1-6(2,8-3)4-5-7;2*1-2/h3-4,6-9,18-19H,5,10-17H2,1-2H3;7H,4-5H2,1-3H3;2*1-2H3. The number of rotatable bonds is 10. The molecule has 44 heavy (non-hydrogen) atoms. The summed E-state index contributed by atoms with van der Waals surface area (Å²) in [5, 5.41) is 8.45. The maximum absolute atomic E-state index is 13.4. The monoisotopic (exact) mass is 641 g/mol. The van der Waals surface area contributed by atoms with E-state index in [9.17, 15) is 13.2 Å². The number of ether oxygens (including phenoxy) is 1. The van der Waals surface area contributed by atoms with E-state index < -0.39 is 11.7 Å². The highest BCUT2D eigenvalue weighted by Crippen LogP contribution is 2.49. The van der Waals surface area contributed by atoms with Crippen molar-refractivity contribution in [1.82, 2.24) is 9.80 Å². The fourth-order valence-corrected chi connectivity index (χ4v) is 5.82. The number of alkyl halides is 3. The van der Waals surface area contributed by atoms with Gasteiger partial charge >= 0.3 is 6.18 Å². The van der Waals surface area contributed by atoms with Gasteiger partial charge in [0, 0.05) is 56.2 Å². The Kier molecular flexibility index (Phi) is 18.6. The zero-order chi connectivity index (χ0) is 33.3. The summed E-state index contributed by atoms with van der Waals surface area (Å²) in [6, 6.07) is 12.1. The van der Waals surface area contributed by atoms with Gasteiger partial charge in [0.2, 0.25) is 0 Å². The molecule has 2 aromatic carbocycles. The Morgan fingerprint density at radius 3 is 1.93 bits per heavy atom. The van der Waals surface area contributed by atoms with Crippen LogP contribution in [0.15, 0.2) is 52.3 Å². The smallest absolute Gasteiger partial charge is 0.396 e. The summed E-state index contributed by atoms with van der Waals surface area (Å²) in [6.07, 6.45) is -1.48. The maximum atomic E-state index is 13.4. The molecule has 0 aromatic heterocycles. The molecule has 0 bridgehead atoms. The van der Waals surface area contributed by atoms with E-state index >= 15 is 0 Å². The largest absolute Gasteiger partial charge is 0.416 e. The molecule has 0 atom stereocenters. The van der Waals surface area contributed by atoms with E-state index in [2.05, 4.69) is 28.5 Å². The topological polar surface area (TPSA) is 39.2 Å². The average molecular weight is 642 g/mol. The van der Waals surface area contributed by atoms with Crippen molar-refractivity contribution in [2.24, 2.45) is 5.92 Å². The van der Waals surface area contributed by atoms with Gasteiger partial charge < -0.3 is 24.5 Å². The summed E-state index contributed by atoms with van der Waals surface area (Å²) >= 11 is 1.55. The van der Waals surface area contributed by atoms with Crippen molar-refractivity contribution in [3.8, 4) is 0 Å². The number of piperazine rings is 1. The van der Waals surface area contributed by atoms with E-state index in [1.807, 2.05) is 65.8 Å². The van der Waals surface area contributed by atoms with E-state index in [0.717, 1.165) is 60.5 Å². The Morgan fingerprint density at radius 2 is 1.41 bits per heavy atom. The number of anilines is 2. The SMILES string of the molecule is CC.CC.CC(C)CCN1CCN(CCCN2c3ccccc3Sc3ccc(C(F)(F)F)cc32)CC1.COC(C)(C)CCO. The number of nitrogens with zero attached hydrogens (tertiary/aromatic N) is 3. The van der Waals surface area contributed by atoms with Crippen molar-refractivity contribution < 1.29 is 23.0 Å². The normalized spacial score (nSPS) is 15.2. The van der Waals surface area contributed by atoms with Crippen LogP contribution in [-0.4, -0.2) is 80.0 Å². The zero-order valence-corrected chi connectivity index (χ0v) is 29.5. The lowest BCUT2D eigenvalue weighted by molar-refractivity contribution is -0.137. The number of aliphatic hydroxyl groups is 1. The van der Waals surface area contributed by atoms with E-state index in [4.69, 9.17) is 9.84 Å². The fraction of sp³-hybridized carbons (Fsp3) is 0.657. The molecule has 2 aliphatic heterocycles. The lowest BCUT2D eigenvalue weighted by atomic mass is 10.1. The van der Waals surface area contributed by atoms with Crippen LogP contribution in [0.3, 0.4) is 0 Å². The van der Waals surface area contributed by atoms with E-state index in [0.29, 0.717) is 18.7 Å². The molecule has 0 radical (unpaired) electrons. The molecule has 1 fully saturated rings. The zero-order valence-electron chi connectivity index (χ0n) is 28.6. The second-order valence-electron chi connectivity index (χ2n) is 11.6. The summed E-state index contributed by atoms with van der Waals surface area (Å²) in [5.41, 5.74) is 0.929. The Bertz CT molecular complexity index is 1060. The van der Waals surface area contributed by atoms with Gasteiger partial charge in [-0.2, -0.15) is 13.2 Å². The van der Waals surface area contributed by atoms with Crippen LogP contribution >= 0.6 is 11.8 Å². The molecule has 2 heterocycles. The fourth-order valence-electron chi connectivity index (χ4n) is 4.75. The van der Waals surface area contributed by atoms with Crippen molar-refractivity contribution in [2.75, 3.05) is 64.4 Å². The molecule has 0 spiro atoms. The van der Waals surface area contributed by atoms with Gasteiger partial charge in [-0.25, -0.2) is 0 Å². The summed E-state index contributed by atoms with van der Waals surface area (Å²) in [7, 11) is 1.65. The number of hydrogen-bond acceptors (Lipinski definition) is 6. The molecule has 4 rings (SSSR count). The molecule has 0 aliphatic carbocycles. The molecule has 0 unspecified atom stereocenters. The van der Waals surface area contributed by atoms with Gasteiger partial charge in [-0.15, -0.1) is 0 Å². The van der Waals surface area contributed by atoms with Crippen molar-refractivity contribution in [1.29, 1.82) is 0 Å². The van der Waals surface area contributed by atoms with Crippen LogP contribution in [0.4, 0.5) is 24.5 Å². The number of hydrogen-bond donors (Lipinski definition) is 1. The van der Waals surface area contributed by atoms with Gasteiger partial charge in [-0.1, -0.05) is 65.4 Å². The van der Waals surface area contributed by atoms with E-state index in [1.54, 1.807) is 24.9 Å². The Balaban J connectivity index is 0.000000695. The Labute approximate surface area is 270 Å². The summed E-state index contributed by atoms with van der Waals surface area (Å²) < 4.78 is 45.1. The first-order valence-corrected chi connectivity index (χ1v) is 17.1. The third-order valence-corrected chi connectivity index (χ3v) is 8.69. The number of benzene rings is 2. The van der Waals surface area contributed by atoms with Crippen molar-refractivity contribution in [2.45, 2.75) is 96.2 Å². The van der Waals surface area contributed by atoms with Gasteiger partial charge in [0.25, 0.3) is 0 Å². The van der Waals surface area contributed by atoms with Crippen LogP contribution < -0.4 is 4.90 Å². The molecule has 2 aliphatic rings.